The maximum atomic E-state index is 13.6. The molecule has 2 heterocycles. The Balaban J connectivity index is 1.68. The minimum Gasteiger partial charge on any atom is -0.467 e. The Labute approximate surface area is 181 Å². The van der Waals surface area contributed by atoms with E-state index in [4.69, 9.17) is 9.47 Å². The Bertz CT molecular complexity index is 1060. The van der Waals surface area contributed by atoms with Crippen molar-refractivity contribution >= 4 is 16.9 Å². The summed E-state index contributed by atoms with van der Waals surface area (Å²) in [6.45, 7) is 4.11. The van der Waals surface area contributed by atoms with Crippen LogP contribution >= 0.6 is 0 Å². The highest BCUT2D eigenvalue weighted by atomic mass is 19.1. The molecule has 0 amide bonds. The summed E-state index contributed by atoms with van der Waals surface area (Å²) in [5.74, 6) is -0.717. The van der Waals surface area contributed by atoms with Crippen molar-refractivity contribution in [2.45, 2.75) is 31.3 Å². The van der Waals surface area contributed by atoms with Crippen LogP contribution in [0.5, 0.6) is 0 Å². The normalized spacial score (nSPS) is 17.5. The van der Waals surface area contributed by atoms with Crippen LogP contribution in [-0.2, 0) is 19.7 Å². The molecular weight excluding hydrogens is 397 g/mol. The largest absolute Gasteiger partial charge is 0.467 e. The van der Waals surface area contributed by atoms with E-state index in [1.165, 1.54) is 19.2 Å². The Morgan fingerprint density at radius 2 is 1.97 bits per heavy atom. The first-order chi connectivity index (χ1) is 14.9. The predicted molar refractivity (Wildman–Crippen MR) is 116 cm³/mol. The van der Waals surface area contributed by atoms with Gasteiger partial charge in [0.1, 0.15) is 5.82 Å². The summed E-state index contributed by atoms with van der Waals surface area (Å²) in [6, 6.07) is 10.6. The van der Waals surface area contributed by atoms with E-state index in [2.05, 4.69) is 22.1 Å². The van der Waals surface area contributed by atoms with Crippen LogP contribution in [0.3, 0.4) is 0 Å². The fourth-order valence-electron chi connectivity index (χ4n) is 4.45. The quantitative estimate of drug-likeness (QED) is 0.607. The lowest BCUT2D eigenvalue weighted by atomic mass is 9.73. The molecule has 1 aromatic heterocycles. The molecule has 31 heavy (non-hydrogen) atoms. The fourth-order valence-corrected chi connectivity index (χ4v) is 4.45. The summed E-state index contributed by atoms with van der Waals surface area (Å²) < 4.78 is 25.0. The number of piperidine rings is 1. The number of hydrogen-bond donors (Lipinski definition) is 1. The lowest BCUT2D eigenvalue weighted by Gasteiger charge is -2.41. The van der Waals surface area contributed by atoms with Crippen LogP contribution in [0, 0.1) is 12.7 Å². The van der Waals surface area contributed by atoms with Gasteiger partial charge < -0.3 is 14.4 Å². The summed E-state index contributed by atoms with van der Waals surface area (Å²) in [5.41, 5.74) is 3.21. The van der Waals surface area contributed by atoms with Crippen molar-refractivity contribution < 1.29 is 18.7 Å². The zero-order valence-corrected chi connectivity index (χ0v) is 18.2. The molecule has 1 fully saturated rings. The van der Waals surface area contributed by atoms with Gasteiger partial charge in [-0.05, 0) is 69.2 Å². The maximum Gasteiger partial charge on any atom is 0.339 e. The SMILES string of the molecule is COC(=O)C(OCC1(c2ccc(F)cc2)CCN(C)CC1)c1cc(C)cc2cn[nH]c12. The number of esters is 1. The summed E-state index contributed by atoms with van der Waals surface area (Å²) in [5, 5.41) is 8.02. The van der Waals surface area contributed by atoms with Gasteiger partial charge in [0, 0.05) is 16.4 Å². The van der Waals surface area contributed by atoms with E-state index in [1.807, 2.05) is 31.2 Å². The molecule has 1 aliphatic rings. The van der Waals surface area contributed by atoms with Gasteiger partial charge >= 0.3 is 5.97 Å². The number of rotatable bonds is 6. The Kier molecular flexibility index (Phi) is 6.07. The van der Waals surface area contributed by atoms with Crippen LogP contribution in [0.15, 0.2) is 42.6 Å². The number of aryl methyl sites for hydroxylation is 1. The van der Waals surface area contributed by atoms with Crippen molar-refractivity contribution in [2.24, 2.45) is 0 Å². The third kappa shape index (κ3) is 4.34. The molecule has 0 spiro atoms. The molecule has 1 N–H and O–H groups in total. The second-order valence-electron chi connectivity index (χ2n) is 8.49. The smallest absolute Gasteiger partial charge is 0.339 e. The van der Waals surface area contributed by atoms with Gasteiger partial charge in [0.15, 0.2) is 6.10 Å². The first kappa shape index (κ1) is 21.5. The van der Waals surface area contributed by atoms with Crippen LogP contribution in [0.2, 0.25) is 0 Å². The van der Waals surface area contributed by atoms with Gasteiger partial charge in [-0.2, -0.15) is 5.10 Å². The van der Waals surface area contributed by atoms with Gasteiger partial charge in [0.25, 0.3) is 0 Å². The van der Waals surface area contributed by atoms with Crippen LogP contribution < -0.4 is 0 Å². The molecule has 3 aromatic rings. The molecule has 4 rings (SSSR count). The molecule has 0 radical (unpaired) electrons. The molecular formula is C24H28FN3O3. The van der Waals surface area contributed by atoms with Gasteiger partial charge in [-0.3, -0.25) is 5.10 Å². The molecule has 164 valence electrons. The van der Waals surface area contributed by atoms with E-state index in [0.717, 1.165) is 48.0 Å². The van der Waals surface area contributed by atoms with E-state index < -0.39 is 12.1 Å². The van der Waals surface area contributed by atoms with Gasteiger partial charge in [-0.1, -0.05) is 18.2 Å². The van der Waals surface area contributed by atoms with Gasteiger partial charge in [-0.25, -0.2) is 9.18 Å². The third-order valence-electron chi connectivity index (χ3n) is 6.35. The number of aromatic amines is 1. The molecule has 1 unspecified atom stereocenters. The number of carbonyl (C=O) groups excluding carboxylic acids is 1. The number of nitrogens with one attached hydrogen (secondary N) is 1. The van der Waals surface area contributed by atoms with Crippen molar-refractivity contribution in [3.63, 3.8) is 0 Å². The highest BCUT2D eigenvalue weighted by Crippen LogP contribution is 2.38. The summed E-state index contributed by atoms with van der Waals surface area (Å²) >= 11 is 0. The molecule has 2 aromatic carbocycles. The average Bonchev–Trinajstić information content (AvgIpc) is 3.24. The lowest BCUT2D eigenvalue weighted by molar-refractivity contribution is -0.156. The maximum absolute atomic E-state index is 13.6. The van der Waals surface area contributed by atoms with Gasteiger partial charge in [0.2, 0.25) is 0 Å². The number of hydrogen-bond acceptors (Lipinski definition) is 5. The minimum atomic E-state index is -0.884. The molecule has 0 saturated carbocycles. The summed E-state index contributed by atoms with van der Waals surface area (Å²) in [6.07, 6.45) is 2.56. The highest BCUT2D eigenvalue weighted by Gasteiger charge is 2.38. The third-order valence-corrected chi connectivity index (χ3v) is 6.35. The lowest BCUT2D eigenvalue weighted by Crippen LogP contribution is -2.44. The van der Waals surface area contributed by atoms with E-state index in [9.17, 15) is 9.18 Å². The zero-order valence-electron chi connectivity index (χ0n) is 18.2. The van der Waals surface area contributed by atoms with Crippen LogP contribution in [-0.4, -0.2) is 54.9 Å². The number of likely N-dealkylation sites (tertiary alicyclic amines) is 1. The van der Waals surface area contributed by atoms with Gasteiger partial charge in [-0.15, -0.1) is 0 Å². The van der Waals surface area contributed by atoms with Crippen molar-refractivity contribution in [1.82, 2.24) is 15.1 Å². The Morgan fingerprint density at radius 1 is 1.26 bits per heavy atom. The summed E-state index contributed by atoms with van der Waals surface area (Å²) in [7, 11) is 3.46. The molecule has 7 heteroatoms. The second-order valence-corrected chi connectivity index (χ2v) is 8.49. The first-order valence-electron chi connectivity index (χ1n) is 10.5. The average molecular weight is 426 g/mol. The minimum absolute atomic E-state index is 0.262. The molecule has 0 aliphatic carbocycles. The molecule has 0 bridgehead atoms. The Morgan fingerprint density at radius 3 is 2.65 bits per heavy atom. The number of nitrogens with zero attached hydrogens (tertiary/aromatic N) is 2. The second kappa shape index (κ2) is 8.77. The van der Waals surface area contributed by atoms with Crippen molar-refractivity contribution in [2.75, 3.05) is 33.9 Å². The van der Waals surface area contributed by atoms with Crippen LogP contribution in [0.1, 0.15) is 35.6 Å². The topological polar surface area (TPSA) is 67.5 Å². The monoisotopic (exact) mass is 425 g/mol. The van der Waals surface area contributed by atoms with E-state index >= 15 is 0 Å². The fraction of sp³-hybridized carbons (Fsp3) is 0.417. The predicted octanol–water partition coefficient (Wildman–Crippen LogP) is 3.90. The number of ether oxygens (including phenoxy) is 2. The number of benzene rings is 2. The van der Waals surface area contributed by atoms with E-state index in [-0.39, 0.29) is 11.2 Å². The highest BCUT2D eigenvalue weighted by molar-refractivity contribution is 5.88. The van der Waals surface area contributed by atoms with E-state index in [0.29, 0.717) is 12.2 Å². The number of H-pyrrole nitrogens is 1. The van der Waals surface area contributed by atoms with Gasteiger partial charge in [0.05, 0.1) is 25.4 Å². The molecule has 6 nitrogen and oxygen atoms in total. The number of halogens is 1. The molecule has 1 aliphatic heterocycles. The number of carbonyl (C=O) groups is 1. The summed E-state index contributed by atoms with van der Waals surface area (Å²) in [4.78, 5) is 15.0. The molecule has 1 atom stereocenters. The number of fused-ring (bicyclic) bond motifs is 1. The van der Waals surface area contributed by atoms with Crippen molar-refractivity contribution in [1.29, 1.82) is 0 Å². The Hall–Kier alpha value is -2.77. The van der Waals surface area contributed by atoms with Crippen LogP contribution in [0.25, 0.3) is 10.9 Å². The molecule has 1 saturated heterocycles. The van der Waals surface area contributed by atoms with Crippen molar-refractivity contribution in [3.05, 3.63) is 65.1 Å². The van der Waals surface area contributed by atoms with Crippen LogP contribution in [0.4, 0.5) is 4.39 Å². The van der Waals surface area contributed by atoms with Crippen molar-refractivity contribution in [3.8, 4) is 0 Å². The standard InChI is InChI=1S/C24H28FN3O3/c1-16-12-17-14-26-27-21(17)20(13-16)22(23(29)30-3)31-15-24(8-10-28(2)11-9-24)18-4-6-19(25)7-5-18/h4-7,12-14,22H,8-11,15H2,1-3H3,(H,26,27). The first-order valence-corrected chi connectivity index (χ1v) is 10.5. The number of methoxy groups -OCH3 is 1. The zero-order chi connectivity index (χ0) is 22.0. The van der Waals surface area contributed by atoms with E-state index in [1.54, 1.807) is 6.20 Å². The number of aromatic nitrogens is 2.